The number of nitrogens with one attached hydrogen (secondary N) is 1. The predicted molar refractivity (Wildman–Crippen MR) is 108 cm³/mol. The lowest BCUT2D eigenvalue weighted by molar-refractivity contribution is 0.0910. The molecule has 1 aromatic heterocycles. The molecule has 0 amide bonds. The van der Waals surface area contributed by atoms with E-state index in [1.807, 2.05) is 19.9 Å². The number of hydrogen-bond donors (Lipinski definition) is 1. The molecule has 1 fully saturated rings. The van der Waals surface area contributed by atoms with Crippen LogP contribution in [0.1, 0.15) is 90.5 Å². The van der Waals surface area contributed by atoms with Crippen molar-refractivity contribution in [2.45, 2.75) is 80.2 Å². The van der Waals surface area contributed by atoms with E-state index in [0.717, 1.165) is 11.4 Å². The average Bonchev–Trinajstić information content (AvgIpc) is 2.95. The highest BCUT2D eigenvalue weighted by molar-refractivity contribution is 5.97. The molecule has 2 aliphatic rings. The number of Topliss-reactive ketones (excluding diaryl/α,β-unsaturated/α-hetero) is 1. The highest BCUT2D eigenvalue weighted by Gasteiger charge is 2.36. The van der Waals surface area contributed by atoms with E-state index in [0.29, 0.717) is 23.1 Å². The largest absolute Gasteiger partial charge is 0.451 e. The van der Waals surface area contributed by atoms with Crippen molar-refractivity contribution < 1.29 is 9.21 Å². The SMILES string of the molecule is CC(C)C(=O)c1cc2c(o1)C(C(C)(C)C)=CC(C1CCC(C)(C)CC1)N2. The molecule has 1 saturated carbocycles. The van der Waals surface area contributed by atoms with Gasteiger partial charge in [0.2, 0.25) is 5.78 Å². The fraction of sp³-hybridized carbons (Fsp3) is 0.696. The van der Waals surface area contributed by atoms with Gasteiger partial charge in [0.25, 0.3) is 0 Å². The van der Waals surface area contributed by atoms with E-state index in [2.05, 4.69) is 46.0 Å². The summed E-state index contributed by atoms with van der Waals surface area (Å²) >= 11 is 0. The van der Waals surface area contributed by atoms with Crippen molar-refractivity contribution >= 4 is 17.0 Å². The lowest BCUT2D eigenvalue weighted by atomic mass is 9.70. The molecule has 0 bridgehead atoms. The van der Waals surface area contributed by atoms with Crippen LogP contribution < -0.4 is 5.32 Å². The monoisotopic (exact) mass is 357 g/mol. The van der Waals surface area contributed by atoms with Gasteiger partial charge in [-0.15, -0.1) is 0 Å². The quantitative estimate of drug-likeness (QED) is 0.623. The molecule has 0 spiro atoms. The van der Waals surface area contributed by atoms with Crippen molar-refractivity contribution in [3.05, 3.63) is 23.7 Å². The number of rotatable bonds is 3. The van der Waals surface area contributed by atoms with E-state index in [1.165, 1.54) is 31.3 Å². The van der Waals surface area contributed by atoms with E-state index in [9.17, 15) is 4.79 Å². The molecule has 3 heteroatoms. The van der Waals surface area contributed by atoms with Gasteiger partial charge in [-0.1, -0.05) is 54.5 Å². The van der Waals surface area contributed by atoms with Crippen LogP contribution in [0.15, 0.2) is 16.6 Å². The first-order valence-electron chi connectivity index (χ1n) is 10.2. The Bertz CT molecular complexity index is 705. The van der Waals surface area contributed by atoms with Crippen LogP contribution in [-0.4, -0.2) is 11.8 Å². The Hall–Kier alpha value is -1.51. The minimum absolute atomic E-state index is 0.0148. The van der Waals surface area contributed by atoms with Crippen molar-refractivity contribution in [1.29, 1.82) is 0 Å². The smallest absolute Gasteiger partial charge is 0.200 e. The lowest BCUT2D eigenvalue weighted by Gasteiger charge is -2.39. The third-order valence-electron chi connectivity index (χ3n) is 6.11. The lowest BCUT2D eigenvalue weighted by Crippen LogP contribution is -2.35. The second-order valence-corrected chi connectivity index (χ2v) is 10.4. The van der Waals surface area contributed by atoms with Gasteiger partial charge >= 0.3 is 0 Å². The van der Waals surface area contributed by atoms with Crippen molar-refractivity contribution in [3.8, 4) is 0 Å². The molecule has 3 rings (SSSR count). The minimum atomic E-state index is -0.0546. The van der Waals surface area contributed by atoms with E-state index < -0.39 is 0 Å². The number of fused-ring (bicyclic) bond motifs is 1. The van der Waals surface area contributed by atoms with Gasteiger partial charge in [-0.25, -0.2) is 0 Å². The molecule has 144 valence electrons. The zero-order valence-corrected chi connectivity index (χ0v) is 17.5. The van der Waals surface area contributed by atoms with Gasteiger partial charge in [0.05, 0.1) is 5.69 Å². The summed E-state index contributed by atoms with van der Waals surface area (Å²) in [5, 5.41) is 3.69. The molecule has 1 aromatic rings. The third-order valence-corrected chi connectivity index (χ3v) is 6.11. The molecule has 26 heavy (non-hydrogen) atoms. The van der Waals surface area contributed by atoms with Crippen molar-refractivity contribution in [2.24, 2.45) is 22.7 Å². The number of furan rings is 1. The Morgan fingerprint density at radius 1 is 1.23 bits per heavy atom. The highest BCUT2D eigenvalue weighted by atomic mass is 16.3. The van der Waals surface area contributed by atoms with Crippen LogP contribution in [0.3, 0.4) is 0 Å². The second kappa shape index (κ2) is 6.58. The second-order valence-electron chi connectivity index (χ2n) is 10.4. The van der Waals surface area contributed by atoms with Crippen LogP contribution in [-0.2, 0) is 0 Å². The molecule has 2 heterocycles. The number of allylic oxidation sites excluding steroid dienone is 1. The Morgan fingerprint density at radius 2 is 1.85 bits per heavy atom. The molecular weight excluding hydrogens is 322 g/mol. The average molecular weight is 358 g/mol. The van der Waals surface area contributed by atoms with Crippen LogP contribution in [0.25, 0.3) is 5.57 Å². The molecule has 1 aliphatic carbocycles. The predicted octanol–water partition coefficient (Wildman–Crippen LogP) is 6.56. The highest BCUT2D eigenvalue weighted by Crippen LogP contribution is 2.46. The van der Waals surface area contributed by atoms with Gasteiger partial charge in [0, 0.05) is 23.6 Å². The van der Waals surface area contributed by atoms with E-state index in [1.54, 1.807) is 0 Å². The molecular formula is C23H35NO2. The molecule has 1 unspecified atom stereocenters. The van der Waals surface area contributed by atoms with Gasteiger partial charge in [-0.2, -0.15) is 0 Å². The van der Waals surface area contributed by atoms with Crippen LogP contribution in [0, 0.1) is 22.7 Å². The number of anilines is 1. The van der Waals surface area contributed by atoms with E-state index in [-0.39, 0.29) is 17.1 Å². The van der Waals surface area contributed by atoms with E-state index >= 15 is 0 Å². The summed E-state index contributed by atoms with van der Waals surface area (Å²) in [6, 6.07) is 2.25. The number of hydrogen-bond acceptors (Lipinski definition) is 3. The maximum absolute atomic E-state index is 12.4. The molecule has 0 radical (unpaired) electrons. The molecule has 1 atom stereocenters. The summed E-state index contributed by atoms with van der Waals surface area (Å²) < 4.78 is 6.06. The standard InChI is InChI=1S/C23H35NO2/c1-14(2)20(25)19-13-18-21(26-19)16(22(3,4)5)12-17(24-18)15-8-10-23(6,7)11-9-15/h12-15,17,24H,8-11H2,1-7H3. The Labute approximate surface area is 158 Å². The molecule has 0 saturated heterocycles. The van der Waals surface area contributed by atoms with Crippen molar-refractivity contribution in [2.75, 3.05) is 5.32 Å². The maximum Gasteiger partial charge on any atom is 0.200 e. The summed E-state index contributed by atoms with van der Waals surface area (Å²) in [6.07, 6.45) is 7.44. The number of carbonyl (C=O) groups excluding carboxylic acids is 1. The Kier molecular flexibility index (Phi) is 4.87. The summed E-state index contributed by atoms with van der Waals surface area (Å²) in [6.45, 7) is 15.3. The maximum atomic E-state index is 12.4. The zero-order chi connectivity index (χ0) is 19.3. The number of ketones is 1. The van der Waals surface area contributed by atoms with Gasteiger partial charge in [0.1, 0.15) is 0 Å². The topological polar surface area (TPSA) is 42.2 Å². The van der Waals surface area contributed by atoms with Crippen LogP contribution >= 0.6 is 0 Å². The number of carbonyl (C=O) groups is 1. The molecule has 1 N–H and O–H groups in total. The Morgan fingerprint density at radius 3 is 2.38 bits per heavy atom. The first-order chi connectivity index (χ1) is 12.0. The first kappa shape index (κ1) is 19.3. The minimum Gasteiger partial charge on any atom is -0.451 e. The fourth-order valence-electron chi connectivity index (χ4n) is 4.21. The summed E-state index contributed by atoms with van der Waals surface area (Å²) in [5.41, 5.74) is 2.68. The summed E-state index contributed by atoms with van der Waals surface area (Å²) in [4.78, 5) is 12.4. The van der Waals surface area contributed by atoms with Gasteiger partial charge in [-0.05, 0) is 42.4 Å². The van der Waals surface area contributed by atoms with Gasteiger partial charge in [0.15, 0.2) is 11.5 Å². The molecule has 0 aromatic carbocycles. The Balaban J connectivity index is 1.92. The van der Waals surface area contributed by atoms with Gasteiger partial charge in [-0.3, -0.25) is 4.79 Å². The summed E-state index contributed by atoms with van der Waals surface area (Å²) in [7, 11) is 0. The summed E-state index contributed by atoms with van der Waals surface area (Å²) in [5.74, 6) is 2.01. The van der Waals surface area contributed by atoms with Crippen LogP contribution in [0.4, 0.5) is 5.69 Å². The van der Waals surface area contributed by atoms with Crippen LogP contribution in [0.2, 0.25) is 0 Å². The third kappa shape index (κ3) is 3.77. The normalized spacial score (nSPS) is 23.4. The first-order valence-corrected chi connectivity index (χ1v) is 10.2. The van der Waals surface area contributed by atoms with Gasteiger partial charge < -0.3 is 9.73 Å². The molecule has 3 nitrogen and oxygen atoms in total. The van der Waals surface area contributed by atoms with E-state index in [4.69, 9.17) is 4.42 Å². The molecule has 1 aliphatic heterocycles. The van der Waals surface area contributed by atoms with Crippen LogP contribution in [0.5, 0.6) is 0 Å². The van der Waals surface area contributed by atoms with Crippen molar-refractivity contribution in [3.63, 3.8) is 0 Å². The fourth-order valence-corrected chi connectivity index (χ4v) is 4.21. The van der Waals surface area contributed by atoms with Crippen molar-refractivity contribution in [1.82, 2.24) is 0 Å². The zero-order valence-electron chi connectivity index (χ0n) is 17.5.